The van der Waals surface area contributed by atoms with Crippen LogP contribution < -0.4 is 70.4 Å². The Balaban J connectivity index is 0.00000581. The number of nitrogen functional groups attached to an aromatic ring is 1. The van der Waals surface area contributed by atoms with Crippen molar-refractivity contribution in [3.63, 3.8) is 0 Å². The Morgan fingerprint density at radius 3 is 1.83 bits per heavy atom. The first-order valence-electron chi connectivity index (χ1n) is 37.7. The van der Waals surface area contributed by atoms with E-state index < -0.39 is 248 Å². The number of aliphatic hydroxyl groups is 1. The quantitative estimate of drug-likeness (QED) is 0.00872. The summed E-state index contributed by atoms with van der Waals surface area (Å²) in [6.45, 7) is 4.64. The molecule has 0 radical (unpaired) electrons. The molecule has 1 fully saturated rings. The van der Waals surface area contributed by atoms with E-state index in [-0.39, 0.29) is 49.4 Å². The number of esters is 1. The number of aliphatic carboxylic acids is 2. The summed E-state index contributed by atoms with van der Waals surface area (Å²) >= 11 is 0. The van der Waals surface area contributed by atoms with Gasteiger partial charge in [-0.2, -0.15) is 19.2 Å². The van der Waals surface area contributed by atoms with Crippen molar-refractivity contribution < 1.29 is 126 Å². The zero-order valence-electron chi connectivity index (χ0n) is 65.9. The Morgan fingerprint density at radius 1 is 0.627 bits per heavy atom. The number of aromatic nitrogens is 1. The molecule has 0 aliphatic carbocycles. The van der Waals surface area contributed by atoms with Gasteiger partial charge in [-0.25, -0.2) is 4.79 Å². The van der Waals surface area contributed by atoms with Gasteiger partial charge in [0, 0.05) is 83.8 Å². The topological polar surface area (TPSA) is 660 Å². The number of aliphatic hydroxyl groups excluding tert-OH is 1. The number of cyclic esters (lactones) is 1. The highest BCUT2D eigenvalue weighted by atomic mass is 16.5. The number of benzene rings is 3. The van der Waals surface area contributed by atoms with Gasteiger partial charge in [-0.3, -0.25) is 81.5 Å². The number of primary amides is 1. The second kappa shape index (κ2) is 51.0. The molecular weight excluding hydrogens is 1550 g/mol. The third-order valence-electron chi connectivity index (χ3n) is 18.8. The van der Waals surface area contributed by atoms with Crippen LogP contribution in [0.4, 0.5) is 5.69 Å². The molecule has 2 heterocycles. The number of carbonyl (C=O) groups excluding carboxylic acids is 20. The smallest absolute Gasteiger partial charge is 0.373 e. The molecule has 40 nitrogen and oxygen atoms in total. The van der Waals surface area contributed by atoms with Crippen LogP contribution in [0.25, 0.3) is 10.9 Å². The standard InChI is InChI=1S/C76H102N14O22.2CO2/c1-7-8-9-10-11-17-44-23-25-45(26-24-44)71(106)88-55(31-46-35-80-51-21-15-13-18-47(46)51)74(109)86-53(33-60(79)95)57(92)29-41(4)69(104)89-65-43(6)112-76(111)66(67(102)48-19-12-14-20-50(48)78)90-72(107)49(39(2)30-63(98)99)32-59(94)56(38-91)85-62(97)36-81-70(105)42(5)83-68(103)40(3)28-58(93)54(34-64(100)101)87-73(108)52(22-16-27-77)84-61(96)37-82-75(65)110;2*2-1-3/h12-15,18-21,23-26,35,39-43,49,52-56,65-66,80,91H,7-11,16-17,22,27-34,36-38,77-78H2,1-6H3,(H2,79,95)(H,81,105)(H,82,110)(H,83,103)(H,84,96)(H,85,97)(H,86,109)(H,87,108)(H,88,106)(H,89,104)(H,90,107)(H,98,99)(H,100,101);;/t39-,40+,41-,42+,43-,49+,52+,53-,54+,55+,56-,65+,66+;;/m1../s1. The fraction of sp³-hybridized carbons (Fsp3) is 0.487. The number of ketones is 4. The van der Waals surface area contributed by atoms with E-state index in [4.69, 9.17) is 41.1 Å². The van der Waals surface area contributed by atoms with E-state index in [1.807, 2.05) is 0 Å². The van der Waals surface area contributed by atoms with Gasteiger partial charge in [-0.05, 0) is 93.5 Å². The predicted octanol–water partition coefficient (Wildman–Crippen LogP) is -2.13. The molecule has 5 rings (SSSR count). The number of H-pyrrole nitrogens is 1. The Labute approximate surface area is 676 Å². The molecule has 640 valence electrons. The average Bonchev–Trinajstić information content (AvgIpc) is 1.29. The molecule has 118 heavy (non-hydrogen) atoms. The highest BCUT2D eigenvalue weighted by Crippen LogP contribution is 2.25. The zero-order valence-corrected chi connectivity index (χ0v) is 65.9. The lowest BCUT2D eigenvalue weighted by atomic mass is 9.84. The van der Waals surface area contributed by atoms with Crippen LogP contribution in [0.15, 0.2) is 79.0 Å². The summed E-state index contributed by atoms with van der Waals surface area (Å²) in [4.78, 5) is 285. The Kier molecular flexibility index (Phi) is 42.9. The van der Waals surface area contributed by atoms with Crippen molar-refractivity contribution in [3.05, 3.63) is 101 Å². The van der Waals surface area contributed by atoms with Crippen molar-refractivity contribution >= 4 is 135 Å². The second-order valence-corrected chi connectivity index (χ2v) is 28.0. The number of rotatable bonds is 30. The van der Waals surface area contributed by atoms with Gasteiger partial charge in [0.05, 0.1) is 44.6 Å². The molecule has 0 unspecified atom stereocenters. The van der Waals surface area contributed by atoms with Crippen molar-refractivity contribution in [3.8, 4) is 0 Å². The van der Waals surface area contributed by atoms with Crippen LogP contribution in [0, 0.1) is 23.7 Å². The van der Waals surface area contributed by atoms with E-state index in [1.165, 1.54) is 45.9 Å². The summed E-state index contributed by atoms with van der Waals surface area (Å²) in [7, 11) is 0. The number of Topliss-reactive ketones (excluding diaryl/α,β-unsaturated/α-hetero) is 4. The van der Waals surface area contributed by atoms with Crippen LogP contribution in [0.2, 0.25) is 0 Å². The van der Waals surface area contributed by atoms with E-state index in [2.05, 4.69) is 65.1 Å². The molecule has 13 atom stereocenters. The molecule has 4 aromatic rings. The van der Waals surface area contributed by atoms with Crippen molar-refractivity contribution in [2.24, 2.45) is 35.1 Å². The molecular formula is C78H102N14O26. The first kappa shape index (κ1) is 99.1. The second-order valence-electron chi connectivity index (χ2n) is 28.0. The van der Waals surface area contributed by atoms with Gasteiger partial charge in [0.15, 0.2) is 29.2 Å². The van der Waals surface area contributed by atoms with Crippen LogP contribution in [0.3, 0.4) is 0 Å². The number of aryl methyl sites for hydroxylation is 1. The molecule has 0 spiro atoms. The van der Waals surface area contributed by atoms with Gasteiger partial charge >= 0.3 is 30.2 Å². The SMILES string of the molecule is CCCCCCCc1ccc(C(=O)N[C@@H](Cc2c[nH]c3ccccc23)C(=O)N[C@H](CC(N)=O)C(=O)C[C@@H](C)C(=O)N[C@@H]2C(=O)NCC(=O)N[C@@H](CCCN)C(=O)N[C@@H](CC(=O)O)C(=O)C[C@H](C)C(=O)N[C@@H](C)C(=O)NCC(=O)N[C@H](CO)C(=O)C[C@@H]([C@H](C)CC(=O)O)C(=O)N[C@@H](C(=O)c3ccccc3N)C(=O)O[C@@H]2C)cc1.O=C=O.O=C=O. The van der Waals surface area contributed by atoms with Crippen LogP contribution in [-0.2, 0) is 113 Å². The van der Waals surface area contributed by atoms with Crippen LogP contribution in [0.5, 0.6) is 0 Å². The van der Waals surface area contributed by atoms with Crippen molar-refractivity contribution in [1.29, 1.82) is 0 Å². The Bertz CT molecular complexity index is 4300. The number of carbonyl (C=O) groups is 18. The van der Waals surface area contributed by atoms with E-state index in [9.17, 15) is 102 Å². The van der Waals surface area contributed by atoms with Gasteiger partial charge < -0.3 is 95.4 Å². The third kappa shape index (κ3) is 33.4. The Morgan fingerprint density at radius 2 is 1.23 bits per heavy atom. The normalized spacial score (nSPS) is 20.7. The largest absolute Gasteiger partial charge is 0.481 e. The minimum Gasteiger partial charge on any atom is -0.481 e. The van der Waals surface area contributed by atoms with E-state index in [0.717, 1.165) is 57.1 Å². The minimum absolute atomic E-state index is 0.00667. The lowest BCUT2D eigenvalue weighted by Crippen LogP contribution is -2.58. The number of amides is 11. The number of nitrogens with two attached hydrogens (primary N) is 3. The predicted molar refractivity (Wildman–Crippen MR) is 412 cm³/mol. The molecule has 0 saturated carbocycles. The van der Waals surface area contributed by atoms with E-state index in [1.54, 1.807) is 54.7 Å². The average molecular weight is 1650 g/mol. The molecule has 1 saturated heterocycles. The van der Waals surface area contributed by atoms with Crippen molar-refractivity contribution in [1.82, 2.24) is 58.2 Å². The summed E-state index contributed by atoms with van der Waals surface area (Å²) in [5.41, 5.74) is 19.3. The van der Waals surface area contributed by atoms with Gasteiger partial charge in [0.2, 0.25) is 59.1 Å². The van der Waals surface area contributed by atoms with Crippen LogP contribution in [0.1, 0.15) is 157 Å². The summed E-state index contributed by atoms with van der Waals surface area (Å²) in [6, 6.07) is 4.27. The highest BCUT2D eigenvalue weighted by Gasteiger charge is 2.42. The number of carboxylic acid groups (broad SMARTS) is 2. The van der Waals surface area contributed by atoms with E-state index in [0.29, 0.717) is 16.5 Å². The molecule has 1 aliphatic heterocycles. The maximum atomic E-state index is 14.8. The van der Waals surface area contributed by atoms with Crippen molar-refractivity contribution in [2.45, 2.75) is 192 Å². The number of ether oxygens (including phenoxy) is 1. The van der Waals surface area contributed by atoms with Crippen LogP contribution >= 0.6 is 0 Å². The monoisotopic (exact) mass is 1650 g/mol. The first-order valence-corrected chi connectivity index (χ1v) is 37.7. The fourth-order valence-electron chi connectivity index (χ4n) is 12.2. The minimum atomic E-state index is -2.54. The van der Waals surface area contributed by atoms with Crippen molar-refractivity contribution in [2.75, 3.05) is 32.0 Å². The molecule has 11 amide bonds. The number of para-hydroxylation sites is 2. The maximum Gasteiger partial charge on any atom is 0.373 e. The molecule has 1 aliphatic rings. The fourth-order valence-corrected chi connectivity index (χ4v) is 12.2. The number of carboxylic acids is 2. The summed E-state index contributed by atoms with van der Waals surface area (Å²) in [5.74, 6) is -27.4. The third-order valence-corrected chi connectivity index (χ3v) is 18.8. The number of hydrogen-bond donors (Lipinski definition) is 17. The van der Waals surface area contributed by atoms with E-state index >= 15 is 0 Å². The summed E-state index contributed by atoms with van der Waals surface area (Å²) in [5, 5.41) is 54.1. The lowest BCUT2D eigenvalue weighted by Gasteiger charge is -2.29. The molecule has 20 N–H and O–H groups in total. The summed E-state index contributed by atoms with van der Waals surface area (Å²) < 4.78 is 5.72. The number of anilines is 1. The molecule has 3 aromatic carbocycles. The lowest BCUT2D eigenvalue weighted by molar-refractivity contribution is -0.193. The number of hydrogen-bond acceptors (Lipinski definition) is 26. The number of aromatic amines is 1. The number of fused-ring (bicyclic) bond motifs is 1. The molecule has 1 aromatic heterocycles. The van der Waals surface area contributed by atoms with Crippen LogP contribution in [-0.4, -0.2) is 219 Å². The summed E-state index contributed by atoms with van der Waals surface area (Å²) in [6.07, 6.45) is 0.371. The maximum absolute atomic E-state index is 14.8. The van der Waals surface area contributed by atoms with Gasteiger partial charge in [0.25, 0.3) is 5.91 Å². The highest BCUT2D eigenvalue weighted by molar-refractivity contribution is 6.16. The Hall–Kier alpha value is -13.1. The molecule has 40 heteroatoms. The van der Waals surface area contributed by atoms with Gasteiger partial charge in [-0.1, -0.05) is 95.8 Å². The number of unbranched alkanes of at least 4 members (excludes halogenated alkanes) is 4. The number of nitrogens with one attached hydrogen (secondary N) is 11. The van der Waals surface area contributed by atoms with Gasteiger partial charge in [0.1, 0.15) is 36.3 Å². The molecule has 0 bridgehead atoms. The van der Waals surface area contributed by atoms with Gasteiger partial charge in [-0.15, -0.1) is 0 Å². The zero-order chi connectivity index (χ0) is 88.5. The first-order chi connectivity index (χ1) is 55.9.